The van der Waals surface area contributed by atoms with E-state index in [0.29, 0.717) is 22.6 Å². The van der Waals surface area contributed by atoms with Gasteiger partial charge in [-0.05, 0) is 30.7 Å². The van der Waals surface area contributed by atoms with Gasteiger partial charge in [-0.25, -0.2) is 4.98 Å². The fourth-order valence-electron chi connectivity index (χ4n) is 3.16. The zero-order valence-corrected chi connectivity index (χ0v) is 17.1. The van der Waals surface area contributed by atoms with Gasteiger partial charge in [0, 0.05) is 26.7 Å². The van der Waals surface area contributed by atoms with Crippen LogP contribution in [0.1, 0.15) is 19.8 Å². The first-order valence-electron chi connectivity index (χ1n) is 8.82. The molecule has 0 aliphatic carbocycles. The molecule has 0 aliphatic heterocycles. The number of benzene rings is 2. The van der Waals surface area contributed by atoms with Crippen molar-refractivity contribution in [1.29, 1.82) is 0 Å². The van der Waals surface area contributed by atoms with Crippen LogP contribution in [-0.4, -0.2) is 9.55 Å². The van der Waals surface area contributed by atoms with E-state index in [0.717, 1.165) is 27.6 Å². The molecule has 4 aromatic rings. The molecule has 0 bridgehead atoms. The number of fused-ring (bicyclic) bond motifs is 2. The maximum atomic E-state index is 13.3. The summed E-state index contributed by atoms with van der Waals surface area (Å²) >= 11 is 4.88. The van der Waals surface area contributed by atoms with E-state index in [1.54, 1.807) is 10.6 Å². The molecule has 0 radical (unpaired) electrons. The molecular weight excluding hydrogens is 424 g/mol. The minimum atomic E-state index is -0.254. The summed E-state index contributed by atoms with van der Waals surface area (Å²) in [5.74, 6) is 0.605. The summed E-state index contributed by atoms with van der Waals surface area (Å²) in [4.78, 5) is 31.5. The Labute approximate surface area is 168 Å². The lowest BCUT2D eigenvalue weighted by Gasteiger charge is -2.13. The van der Waals surface area contributed by atoms with Crippen LogP contribution in [0, 0.1) is 0 Å². The highest BCUT2D eigenvalue weighted by atomic mass is 79.9. The molecule has 0 N–H and O–H groups in total. The first kappa shape index (κ1) is 18.1. The summed E-state index contributed by atoms with van der Waals surface area (Å²) < 4.78 is 3.41. The van der Waals surface area contributed by atoms with E-state index < -0.39 is 0 Å². The van der Waals surface area contributed by atoms with Crippen molar-refractivity contribution in [2.24, 2.45) is 0 Å². The third kappa shape index (κ3) is 3.24. The minimum Gasteiger partial charge on any atom is -0.292 e. The first-order valence-corrected chi connectivity index (χ1v) is 10.4. The number of unbranched alkanes of at least 4 members (excludes halogenated alkanes) is 1. The van der Waals surface area contributed by atoms with Gasteiger partial charge >= 0.3 is 0 Å². The molecular formula is C21H17BrN2O2S. The second kappa shape index (κ2) is 7.37. The van der Waals surface area contributed by atoms with Crippen LogP contribution in [0.3, 0.4) is 0 Å². The Morgan fingerprint density at radius 1 is 1.11 bits per heavy atom. The van der Waals surface area contributed by atoms with Gasteiger partial charge in [-0.15, -0.1) is 11.3 Å². The van der Waals surface area contributed by atoms with Crippen molar-refractivity contribution in [1.82, 2.24) is 9.55 Å². The average molecular weight is 441 g/mol. The standard InChI is InChI=1S/C21H17BrN2O2S/c1-2-3-11-24-19(13-7-6-8-14(22)12-13)23-20-17(21(24)26)18(25)15-9-4-5-10-16(15)27-20/h4-10,12H,2-3,11H2,1H3. The number of hydrogen-bond acceptors (Lipinski definition) is 4. The van der Waals surface area contributed by atoms with Crippen molar-refractivity contribution in [3.05, 3.63) is 73.6 Å². The van der Waals surface area contributed by atoms with E-state index in [1.807, 2.05) is 42.5 Å². The van der Waals surface area contributed by atoms with Crippen molar-refractivity contribution in [2.45, 2.75) is 26.3 Å². The summed E-state index contributed by atoms with van der Waals surface area (Å²) in [6, 6.07) is 15.1. The molecule has 0 spiro atoms. The van der Waals surface area contributed by atoms with Gasteiger partial charge in [0.25, 0.3) is 5.56 Å². The Hall–Kier alpha value is -2.31. The molecule has 2 aromatic heterocycles. The van der Waals surface area contributed by atoms with Crippen LogP contribution >= 0.6 is 27.3 Å². The maximum Gasteiger partial charge on any atom is 0.266 e. The third-order valence-electron chi connectivity index (χ3n) is 4.52. The highest BCUT2D eigenvalue weighted by Gasteiger charge is 2.17. The van der Waals surface area contributed by atoms with Gasteiger partial charge < -0.3 is 0 Å². The van der Waals surface area contributed by atoms with Crippen LogP contribution in [0.5, 0.6) is 0 Å². The molecule has 0 atom stereocenters. The molecule has 6 heteroatoms. The van der Waals surface area contributed by atoms with E-state index in [4.69, 9.17) is 4.98 Å². The van der Waals surface area contributed by atoms with Gasteiger partial charge in [-0.3, -0.25) is 14.2 Å². The van der Waals surface area contributed by atoms with Crippen molar-refractivity contribution in [2.75, 3.05) is 0 Å². The summed E-state index contributed by atoms with van der Waals surface area (Å²) in [7, 11) is 0. The SMILES string of the molecule is CCCCn1c(-c2cccc(Br)c2)nc2sc3ccccc3c(=O)c2c1=O. The first-order chi connectivity index (χ1) is 13.1. The number of rotatable bonds is 4. The van der Waals surface area contributed by atoms with E-state index in [1.165, 1.54) is 11.3 Å². The van der Waals surface area contributed by atoms with Gasteiger partial charge in [0.2, 0.25) is 5.43 Å². The molecule has 0 fully saturated rings. The van der Waals surface area contributed by atoms with Gasteiger partial charge in [0.05, 0.1) is 0 Å². The van der Waals surface area contributed by atoms with Crippen molar-refractivity contribution < 1.29 is 0 Å². The molecule has 2 aromatic carbocycles. The van der Waals surface area contributed by atoms with Crippen molar-refractivity contribution >= 4 is 47.6 Å². The van der Waals surface area contributed by atoms with E-state index in [9.17, 15) is 9.59 Å². The van der Waals surface area contributed by atoms with Crippen molar-refractivity contribution in [3.63, 3.8) is 0 Å². The lowest BCUT2D eigenvalue weighted by Crippen LogP contribution is -2.27. The summed E-state index contributed by atoms with van der Waals surface area (Å²) in [6.45, 7) is 2.62. The topological polar surface area (TPSA) is 52.0 Å². The van der Waals surface area contributed by atoms with Crippen LogP contribution in [0.2, 0.25) is 0 Å². The Morgan fingerprint density at radius 2 is 1.93 bits per heavy atom. The van der Waals surface area contributed by atoms with Gasteiger partial charge in [-0.1, -0.05) is 53.5 Å². The highest BCUT2D eigenvalue weighted by molar-refractivity contribution is 9.10. The summed E-state index contributed by atoms with van der Waals surface area (Å²) in [6.07, 6.45) is 1.80. The Morgan fingerprint density at radius 3 is 2.70 bits per heavy atom. The minimum absolute atomic E-state index is 0.188. The van der Waals surface area contributed by atoms with Gasteiger partial charge in [-0.2, -0.15) is 0 Å². The van der Waals surface area contributed by atoms with E-state index >= 15 is 0 Å². The Kier molecular flexibility index (Phi) is 4.93. The van der Waals surface area contributed by atoms with Gasteiger partial charge in [0.1, 0.15) is 16.0 Å². The lowest BCUT2D eigenvalue weighted by molar-refractivity contribution is 0.615. The van der Waals surface area contributed by atoms with Crippen LogP contribution in [0.25, 0.3) is 31.7 Å². The Balaban J connectivity index is 2.12. The molecule has 0 saturated carbocycles. The van der Waals surface area contributed by atoms with Crippen molar-refractivity contribution in [3.8, 4) is 11.4 Å². The molecule has 0 amide bonds. The predicted octanol–water partition coefficient (Wildman–Crippen LogP) is 5.20. The quantitative estimate of drug-likeness (QED) is 0.409. The summed E-state index contributed by atoms with van der Waals surface area (Å²) in [5, 5.41) is 0.764. The normalized spacial score (nSPS) is 11.3. The second-order valence-corrected chi connectivity index (χ2v) is 8.31. The molecule has 0 saturated heterocycles. The maximum absolute atomic E-state index is 13.3. The lowest BCUT2D eigenvalue weighted by atomic mass is 10.2. The average Bonchev–Trinajstić information content (AvgIpc) is 2.67. The fraction of sp³-hybridized carbons (Fsp3) is 0.190. The molecule has 0 aliphatic rings. The molecule has 2 heterocycles. The number of aromatic nitrogens is 2. The van der Waals surface area contributed by atoms with E-state index in [2.05, 4.69) is 22.9 Å². The van der Waals surface area contributed by atoms with Crippen LogP contribution in [0.15, 0.2) is 62.6 Å². The molecule has 4 nitrogen and oxygen atoms in total. The van der Waals surface area contributed by atoms with Crippen LogP contribution in [0.4, 0.5) is 0 Å². The second-order valence-electron chi connectivity index (χ2n) is 6.36. The number of nitrogens with zero attached hydrogens (tertiary/aromatic N) is 2. The summed E-state index contributed by atoms with van der Waals surface area (Å²) in [5.41, 5.74) is 0.366. The smallest absolute Gasteiger partial charge is 0.266 e. The van der Waals surface area contributed by atoms with Crippen LogP contribution in [-0.2, 0) is 6.54 Å². The number of hydrogen-bond donors (Lipinski definition) is 0. The highest BCUT2D eigenvalue weighted by Crippen LogP contribution is 2.26. The monoisotopic (exact) mass is 440 g/mol. The zero-order chi connectivity index (χ0) is 19.0. The largest absolute Gasteiger partial charge is 0.292 e. The fourth-order valence-corrected chi connectivity index (χ4v) is 4.60. The molecule has 136 valence electrons. The zero-order valence-electron chi connectivity index (χ0n) is 14.7. The molecule has 0 unspecified atom stereocenters. The number of halogens is 1. The molecule has 27 heavy (non-hydrogen) atoms. The Bertz CT molecular complexity index is 1280. The predicted molar refractivity (Wildman–Crippen MR) is 116 cm³/mol. The van der Waals surface area contributed by atoms with E-state index in [-0.39, 0.29) is 16.4 Å². The third-order valence-corrected chi connectivity index (χ3v) is 6.08. The molecule has 4 rings (SSSR count). The van der Waals surface area contributed by atoms with Crippen LogP contribution < -0.4 is 11.0 Å². The van der Waals surface area contributed by atoms with Gasteiger partial charge in [0.15, 0.2) is 0 Å².